The normalized spacial score (nSPS) is 11.5. The SMILES string of the molecule is CCOC(=O)C(Cc1ccc(Cl)nn1)N=C(c1ccccc1)c1ccccc1. The zero-order valence-corrected chi connectivity index (χ0v) is 16.2. The summed E-state index contributed by atoms with van der Waals surface area (Å²) >= 11 is 5.81. The van der Waals surface area contributed by atoms with Gasteiger partial charge in [0.2, 0.25) is 0 Å². The molecule has 0 aliphatic rings. The molecule has 6 heteroatoms. The zero-order valence-electron chi connectivity index (χ0n) is 15.5. The van der Waals surface area contributed by atoms with Gasteiger partial charge in [0.15, 0.2) is 11.2 Å². The number of hydrogen-bond acceptors (Lipinski definition) is 5. The van der Waals surface area contributed by atoms with E-state index in [0.29, 0.717) is 10.8 Å². The van der Waals surface area contributed by atoms with Gasteiger partial charge in [-0.05, 0) is 19.1 Å². The maximum Gasteiger partial charge on any atom is 0.331 e. The highest BCUT2D eigenvalue weighted by Gasteiger charge is 2.22. The third-order valence-electron chi connectivity index (χ3n) is 4.03. The lowest BCUT2D eigenvalue weighted by Crippen LogP contribution is -2.26. The van der Waals surface area contributed by atoms with Gasteiger partial charge >= 0.3 is 5.97 Å². The van der Waals surface area contributed by atoms with Crippen LogP contribution in [0.4, 0.5) is 0 Å². The van der Waals surface area contributed by atoms with Crippen LogP contribution in [-0.2, 0) is 16.0 Å². The number of carbonyl (C=O) groups is 1. The van der Waals surface area contributed by atoms with E-state index in [0.717, 1.165) is 16.8 Å². The maximum atomic E-state index is 12.6. The number of carbonyl (C=O) groups excluding carboxylic acids is 1. The average Bonchev–Trinajstić information content (AvgIpc) is 2.74. The van der Waals surface area contributed by atoms with Gasteiger partial charge in [-0.2, -0.15) is 5.10 Å². The van der Waals surface area contributed by atoms with Crippen LogP contribution in [0.2, 0.25) is 5.15 Å². The quantitative estimate of drug-likeness (QED) is 0.447. The first-order chi connectivity index (χ1) is 13.7. The lowest BCUT2D eigenvalue weighted by atomic mass is 10.0. The van der Waals surface area contributed by atoms with Gasteiger partial charge < -0.3 is 4.74 Å². The number of benzene rings is 2. The van der Waals surface area contributed by atoms with Crippen molar-refractivity contribution in [3.05, 3.63) is 94.8 Å². The monoisotopic (exact) mass is 393 g/mol. The Balaban J connectivity index is 2.02. The Kier molecular flexibility index (Phi) is 6.87. The van der Waals surface area contributed by atoms with E-state index in [1.165, 1.54) is 0 Å². The fraction of sp³-hybridized carbons (Fsp3) is 0.182. The highest BCUT2D eigenvalue weighted by Crippen LogP contribution is 2.15. The minimum Gasteiger partial charge on any atom is -0.464 e. The van der Waals surface area contributed by atoms with Gasteiger partial charge in [0, 0.05) is 17.5 Å². The van der Waals surface area contributed by atoms with E-state index in [1.807, 2.05) is 60.7 Å². The van der Waals surface area contributed by atoms with E-state index in [9.17, 15) is 4.79 Å². The van der Waals surface area contributed by atoms with Crippen LogP contribution >= 0.6 is 11.6 Å². The van der Waals surface area contributed by atoms with Crippen molar-refractivity contribution in [2.24, 2.45) is 4.99 Å². The molecule has 0 fully saturated rings. The Morgan fingerprint density at radius 1 is 0.964 bits per heavy atom. The van der Waals surface area contributed by atoms with Crippen molar-refractivity contribution >= 4 is 23.3 Å². The first kappa shape index (κ1) is 19.7. The Labute approximate surface area is 169 Å². The summed E-state index contributed by atoms with van der Waals surface area (Å²) in [6, 6.07) is 22.2. The lowest BCUT2D eigenvalue weighted by molar-refractivity contribution is -0.144. The molecule has 3 rings (SSSR count). The van der Waals surface area contributed by atoms with Gasteiger partial charge in [-0.15, -0.1) is 5.10 Å². The fourth-order valence-corrected chi connectivity index (χ4v) is 2.84. The molecule has 0 amide bonds. The summed E-state index contributed by atoms with van der Waals surface area (Å²) in [5.74, 6) is -0.399. The number of hydrogen-bond donors (Lipinski definition) is 0. The second kappa shape index (κ2) is 9.76. The molecule has 0 radical (unpaired) electrons. The summed E-state index contributed by atoms with van der Waals surface area (Å²) < 4.78 is 5.25. The van der Waals surface area contributed by atoms with Crippen molar-refractivity contribution in [2.75, 3.05) is 6.61 Å². The molecule has 5 nitrogen and oxygen atoms in total. The number of aromatic nitrogens is 2. The van der Waals surface area contributed by atoms with Crippen molar-refractivity contribution in [3.63, 3.8) is 0 Å². The van der Waals surface area contributed by atoms with Crippen LogP contribution in [0.15, 0.2) is 77.8 Å². The smallest absolute Gasteiger partial charge is 0.331 e. The number of esters is 1. The highest BCUT2D eigenvalue weighted by molar-refractivity contribution is 6.29. The molecule has 0 aliphatic heterocycles. The number of nitrogens with zero attached hydrogens (tertiary/aromatic N) is 3. The van der Waals surface area contributed by atoms with E-state index in [1.54, 1.807) is 19.1 Å². The Hall–Kier alpha value is -3.05. The van der Waals surface area contributed by atoms with Gasteiger partial charge in [-0.1, -0.05) is 72.3 Å². The van der Waals surface area contributed by atoms with Crippen molar-refractivity contribution in [1.82, 2.24) is 10.2 Å². The Bertz CT molecular complexity index is 888. The first-order valence-corrected chi connectivity index (χ1v) is 9.38. The molecule has 1 atom stereocenters. The predicted molar refractivity (Wildman–Crippen MR) is 110 cm³/mol. The van der Waals surface area contributed by atoms with Gasteiger partial charge in [0.25, 0.3) is 0 Å². The van der Waals surface area contributed by atoms with E-state index >= 15 is 0 Å². The lowest BCUT2D eigenvalue weighted by Gasteiger charge is -2.15. The van der Waals surface area contributed by atoms with Crippen molar-refractivity contribution in [2.45, 2.75) is 19.4 Å². The molecule has 1 heterocycles. The van der Waals surface area contributed by atoms with Crippen LogP contribution in [-0.4, -0.2) is 34.5 Å². The first-order valence-electron chi connectivity index (χ1n) is 9.00. The number of aliphatic imine (C=N–C) groups is 1. The predicted octanol–water partition coefficient (Wildman–Crippen LogP) is 4.14. The van der Waals surface area contributed by atoms with Gasteiger partial charge in [-0.3, -0.25) is 4.99 Å². The van der Waals surface area contributed by atoms with E-state index in [4.69, 9.17) is 21.3 Å². The number of halogens is 1. The summed E-state index contributed by atoms with van der Waals surface area (Å²) in [7, 11) is 0. The molecule has 0 N–H and O–H groups in total. The topological polar surface area (TPSA) is 64.4 Å². The summed E-state index contributed by atoms with van der Waals surface area (Å²) in [5.41, 5.74) is 3.18. The largest absolute Gasteiger partial charge is 0.464 e. The molecule has 3 aromatic rings. The average molecular weight is 394 g/mol. The Morgan fingerprint density at radius 2 is 1.57 bits per heavy atom. The number of ether oxygens (including phenoxy) is 1. The molecule has 142 valence electrons. The molecule has 0 aliphatic carbocycles. The molecule has 0 spiro atoms. The highest BCUT2D eigenvalue weighted by atomic mass is 35.5. The van der Waals surface area contributed by atoms with E-state index in [2.05, 4.69) is 10.2 Å². The van der Waals surface area contributed by atoms with Crippen LogP contribution in [0.5, 0.6) is 0 Å². The van der Waals surface area contributed by atoms with E-state index < -0.39 is 12.0 Å². The van der Waals surface area contributed by atoms with Gasteiger partial charge in [0.05, 0.1) is 18.0 Å². The summed E-state index contributed by atoms with van der Waals surface area (Å²) in [6.07, 6.45) is 0.270. The molecule has 0 bridgehead atoms. The van der Waals surface area contributed by atoms with E-state index in [-0.39, 0.29) is 13.0 Å². The summed E-state index contributed by atoms with van der Waals surface area (Å²) in [6.45, 7) is 2.05. The molecular weight excluding hydrogens is 374 g/mol. The molecule has 2 aromatic carbocycles. The summed E-state index contributed by atoms with van der Waals surface area (Å²) in [4.78, 5) is 17.4. The second-order valence-corrected chi connectivity index (χ2v) is 6.42. The molecule has 28 heavy (non-hydrogen) atoms. The van der Waals surface area contributed by atoms with Crippen molar-refractivity contribution in [1.29, 1.82) is 0 Å². The molecule has 0 saturated heterocycles. The Morgan fingerprint density at radius 3 is 2.07 bits per heavy atom. The fourth-order valence-electron chi connectivity index (χ4n) is 2.73. The minimum atomic E-state index is -0.745. The van der Waals surface area contributed by atoms with Gasteiger partial charge in [-0.25, -0.2) is 4.79 Å². The second-order valence-electron chi connectivity index (χ2n) is 6.03. The van der Waals surface area contributed by atoms with Crippen molar-refractivity contribution in [3.8, 4) is 0 Å². The van der Waals surface area contributed by atoms with Crippen LogP contribution in [0, 0.1) is 0 Å². The van der Waals surface area contributed by atoms with Crippen LogP contribution < -0.4 is 0 Å². The van der Waals surface area contributed by atoms with Crippen LogP contribution in [0.1, 0.15) is 23.7 Å². The molecule has 1 unspecified atom stereocenters. The summed E-state index contributed by atoms with van der Waals surface area (Å²) in [5, 5.41) is 8.20. The maximum absolute atomic E-state index is 12.6. The standard InChI is InChI=1S/C22H20ClN3O2/c1-2-28-22(27)19(15-18-13-14-20(23)26-25-18)24-21(16-9-5-3-6-10-16)17-11-7-4-8-12-17/h3-14,19H,2,15H2,1H3. The molecule has 1 aromatic heterocycles. The molecule has 0 saturated carbocycles. The number of rotatable bonds is 7. The third-order valence-corrected chi connectivity index (χ3v) is 4.23. The zero-order chi connectivity index (χ0) is 19.8. The minimum absolute atomic E-state index is 0.270. The molecular formula is C22H20ClN3O2. The van der Waals surface area contributed by atoms with Crippen LogP contribution in [0.25, 0.3) is 0 Å². The van der Waals surface area contributed by atoms with Gasteiger partial charge in [0.1, 0.15) is 0 Å². The van der Waals surface area contributed by atoms with Crippen molar-refractivity contribution < 1.29 is 9.53 Å². The van der Waals surface area contributed by atoms with Crippen LogP contribution in [0.3, 0.4) is 0 Å². The third kappa shape index (κ3) is 5.24.